The molecule has 0 spiro atoms. The molecule has 0 amide bonds. The molecule has 0 radical (unpaired) electrons. The normalized spacial score (nSPS) is 39.5. The van der Waals surface area contributed by atoms with Gasteiger partial charge in [-0.2, -0.15) is 0 Å². The zero-order valence-electron chi connectivity index (χ0n) is 12.8. The second-order valence-corrected chi connectivity index (χ2v) is 7.02. The lowest BCUT2D eigenvalue weighted by Crippen LogP contribution is -2.43. The molecular formula is C17H33N. The minimum absolute atomic E-state index is 0.815. The van der Waals surface area contributed by atoms with Gasteiger partial charge in [0.05, 0.1) is 0 Å². The van der Waals surface area contributed by atoms with Crippen molar-refractivity contribution < 1.29 is 0 Å². The molecule has 18 heavy (non-hydrogen) atoms. The van der Waals surface area contributed by atoms with Crippen molar-refractivity contribution in [1.29, 1.82) is 0 Å². The van der Waals surface area contributed by atoms with E-state index in [9.17, 15) is 0 Å². The Kier molecular flexibility index (Phi) is 5.54. The second-order valence-electron chi connectivity index (χ2n) is 7.02. The molecule has 106 valence electrons. The van der Waals surface area contributed by atoms with Crippen molar-refractivity contribution in [2.45, 2.75) is 77.7 Å². The van der Waals surface area contributed by atoms with Crippen LogP contribution in [0.15, 0.2) is 0 Å². The van der Waals surface area contributed by atoms with Gasteiger partial charge in [0.25, 0.3) is 0 Å². The summed E-state index contributed by atoms with van der Waals surface area (Å²) in [4.78, 5) is 0. The molecule has 1 atom stereocenters. The van der Waals surface area contributed by atoms with Gasteiger partial charge in [0, 0.05) is 6.04 Å². The van der Waals surface area contributed by atoms with Gasteiger partial charge >= 0.3 is 0 Å². The van der Waals surface area contributed by atoms with Crippen molar-refractivity contribution in [3.8, 4) is 0 Å². The number of nitrogens with one attached hydrogen (secondary N) is 1. The van der Waals surface area contributed by atoms with Gasteiger partial charge in [0.2, 0.25) is 0 Å². The third kappa shape index (κ3) is 3.50. The molecule has 1 unspecified atom stereocenters. The molecule has 0 aromatic heterocycles. The van der Waals surface area contributed by atoms with Gasteiger partial charge in [0.1, 0.15) is 0 Å². The smallest absolute Gasteiger partial charge is 0.0121 e. The summed E-state index contributed by atoms with van der Waals surface area (Å²) >= 11 is 0. The van der Waals surface area contributed by atoms with Crippen molar-refractivity contribution in [3.63, 3.8) is 0 Å². The quantitative estimate of drug-likeness (QED) is 0.769. The summed E-state index contributed by atoms with van der Waals surface area (Å²) in [5.41, 5.74) is 0. The van der Waals surface area contributed by atoms with E-state index in [4.69, 9.17) is 0 Å². The maximum Gasteiger partial charge on any atom is 0.0121 e. The van der Waals surface area contributed by atoms with E-state index in [1.807, 2.05) is 0 Å². The van der Waals surface area contributed by atoms with Crippen LogP contribution in [0.25, 0.3) is 0 Å². The molecule has 0 bridgehead atoms. The highest BCUT2D eigenvalue weighted by Gasteiger charge is 2.32. The Morgan fingerprint density at radius 2 is 1.39 bits per heavy atom. The highest BCUT2D eigenvalue weighted by atomic mass is 14.9. The van der Waals surface area contributed by atoms with E-state index in [0.29, 0.717) is 0 Å². The van der Waals surface area contributed by atoms with E-state index in [2.05, 4.69) is 26.2 Å². The molecule has 2 aliphatic carbocycles. The Morgan fingerprint density at radius 1 is 0.889 bits per heavy atom. The van der Waals surface area contributed by atoms with Crippen molar-refractivity contribution in [3.05, 3.63) is 0 Å². The van der Waals surface area contributed by atoms with Crippen molar-refractivity contribution in [1.82, 2.24) is 5.32 Å². The lowest BCUT2D eigenvalue weighted by Gasteiger charge is -2.40. The van der Waals surface area contributed by atoms with Crippen molar-refractivity contribution in [2.75, 3.05) is 7.05 Å². The fourth-order valence-corrected chi connectivity index (χ4v) is 4.46. The zero-order valence-corrected chi connectivity index (χ0v) is 12.8. The molecule has 2 saturated carbocycles. The summed E-state index contributed by atoms with van der Waals surface area (Å²) in [5, 5.41) is 3.69. The Balaban J connectivity index is 1.85. The molecule has 1 N–H and O–H groups in total. The first-order valence-corrected chi connectivity index (χ1v) is 8.41. The minimum Gasteiger partial charge on any atom is -0.316 e. The summed E-state index contributed by atoms with van der Waals surface area (Å²) in [7, 11) is 2.20. The largest absolute Gasteiger partial charge is 0.316 e. The monoisotopic (exact) mass is 251 g/mol. The van der Waals surface area contributed by atoms with Crippen molar-refractivity contribution in [2.24, 2.45) is 23.7 Å². The van der Waals surface area contributed by atoms with Gasteiger partial charge in [-0.1, -0.05) is 46.0 Å². The van der Waals surface area contributed by atoms with Crippen LogP contribution in [0.3, 0.4) is 0 Å². The lowest BCUT2D eigenvalue weighted by atomic mass is 9.70. The van der Waals surface area contributed by atoms with Crippen LogP contribution in [0.2, 0.25) is 0 Å². The predicted molar refractivity (Wildman–Crippen MR) is 79.7 cm³/mol. The standard InChI is InChI=1S/C17H33N/c1-4-14-7-11-16(12-8-14)17(18-3)15-9-5-13(2)6-10-15/h13-18H,4-12H2,1-3H3. The highest BCUT2D eigenvalue weighted by molar-refractivity contribution is 4.87. The third-order valence-corrected chi connectivity index (χ3v) is 5.88. The maximum atomic E-state index is 3.69. The highest BCUT2D eigenvalue weighted by Crippen LogP contribution is 2.39. The van der Waals surface area contributed by atoms with Crippen LogP contribution < -0.4 is 5.32 Å². The number of hydrogen-bond acceptors (Lipinski definition) is 1. The summed E-state index contributed by atoms with van der Waals surface area (Å²) in [6.45, 7) is 4.79. The van der Waals surface area contributed by atoms with Crippen LogP contribution in [0.1, 0.15) is 71.6 Å². The molecule has 0 aromatic carbocycles. The molecule has 0 aliphatic heterocycles. The molecular weight excluding hydrogens is 218 g/mol. The molecule has 2 fully saturated rings. The van der Waals surface area contributed by atoms with Gasteiger partial charge in [0.15, 0.2) is 0 Å². The van der Waals surface area contributed by atoms with Crippen LogP contribution in [-0.4, -0.2) is 13.1 Å². The summed E-state index contributed by atoms with van der Waals surface area (Å²) in [6.07, 6.45) is 13.2. The van der Waals surface area contributed by atoms with Crippen LogP contribution >= 0.6 is 0 Å². The van der Waals surface area contributed by atoms with Crippen LogP contribution in [0.5, 0.6) is 0 Å². The van der Waals surface area contributed by atoms with Gasteiger partial charge in [-0.25, -0.2) is 0 Å². The van der Waals surface area contributed by atoms with E-state index >= 15 is 0 Å². The van der Waals surface area contributed by atoms with Crippen LogP contribution in [0.4, 0.5) is 0 Å². The topological polar surface area (TPSA) is 12.0 Å². The average molecular weight is 251 g/mol. The molecule has 2 aliphatic rings. The maximum absolute atomic E-state index is 3.69. The number of hydrogen-bond donors (Lipinski definition) is 1. The first kappa shape index (κ1) is 14.4. The SMILES string of the molecule is CCC1CCC(C(NC)C2CCC(C)CC2)CC1. The lowest BCUT2D eigenvalue weighted by molar-refractivity contribution is 0.145. The first-order chi connectivity index (χ1) is 8.74. The molecule has 0 aromatic rings. The number of rotatable bonds is 4. The molecule has 0 heterocycles. The fourth-order valence-electron chi connectivity index (χ4n) is 4.46. The van der Waals surface area contributed by atoms with E-state index in [1.54, 1.807) is 0 Å². The summed E-state index contributed by atoms with van der Waals surface area (Å²) in [5.74, 6) is 3.95. The summed E-state index contributed by atoms with van der Waals surface area (Å²) in [6, 6.07) is 0.815. The van der Waals surface area contributed by atoms with Crippen LogP contribution in [-0.2, 0) is 0 Å². The molecule has 0 saturated heterocycles. The van der Waals surface area contributed by atoms with E-state index in [1.165, 1.54) is 57.8 Å². The van der Waals surface area contributed by atoms with E-state index < -0.39 is 0 Å². The van der Waals surface area contributed by atoms with Crippen LogP contribution in [0, 0.1) is 23.7 Å². The Hall–Kier alpha value is -0.0400. The van der Waals surface area contributed by atoms with Gasteiger partial charge < -0.3 is 5.32 Å². The molecule has 1 heteroatoms. The minimum atomic E-state index is 0.815. The summed E-state index contributed by atoms with van der Waals surface area (Å²) < 4.78 is 0. The third-order valence-electron chi connectivity index (χ3n) is 5.88. The zero-order chi connectivity index (χ0) is 13.0. The van der Waals surface area contributed by atoms with Gasteiger partial charge in [-0.05, 0) is 56.4 Å². The second kappa shape index (κ2) is 6.93. The fraction of sp³-hybridized carbons (Fsp3) is 1.00. The van der Waals surface area contributed by atoms with Gasteiger partial charge in [-0.3, -0.25) is 0 Å². The average Bonchev–Trinajstić information content (AvgIpc) is 2.42. The Morgan fingerprint density at radius 3 is 1.83 bits per heavy atom. The van der Waals surface area contributed by atoms with E-state index in [-0.39, 0.29) is 0 Å². The first-order valence-electron chi connectivity index (χ1n) is 8.41. The molecule has 1 nitrogen and oxygen atoms in total. The van der Waals surface area contributed by atoms with E-state index in [0.717, 1.165) is 29.7 Å². The Bertz CT molecular complexity index is 222. The Labute approximate surface area is 114 Å². The van der Waals surface area contributed by atoms with Gasteiger partial charge in [-0.15, -0.1) is 0 Å². The van der Waals surface area contributed by atoms with Crippen molar-refractivity contribution >= 4 is 0 Å². The molecule has 2 rings (SSSR count). The predicted octanol–water partition coefficient (Wildman–Crippen LogP) is 4.62.